The molecule has 2 rings (SSSR count). The predicted molar refractivity (Wildman–Crippen MR) is 85.0 cm³/mol. The Bertz CT molecular complexity index is 663. The quantitative estimate of drug-likeness (QED) is 0.778. The lowest BCUT2D eigenvalue weighted by Gasteiger charge is -2.10. The highest BCUT2D eigenvalue weighted by atomic mass is 35.5. The van der Waals surface area contributed by atoms with Gasteiger partial charge in [0.2, 0.25) is 0 Å². The van der Waals surface area contributed by atoms with Crippen molar-refractivity contribution in [3.05, 3.63) is 56.5 Å². The van der Waals surface area contributed by atoms with Gasteiger partial charge in [-0.15, -0.1) is 0 Å². The van der Waals surface area contributed by atoms with E-state index >= 15 is 0 Å². The molecule has 0 spiro atoms. The number of aryl methyl sites for hydroxylation is 1. The van der Waals surface area contributed by atoms with Gasteiger partial charge in [0.15, 0.2) is 0 Å². The molecule has 0 unspecified atom stereocenters. The number of carbonyl (C=O) groups is 1. The maximum Gasteiger partial charge on any atom is 0.255 e. The van der Waals surface area contributed by atoms with Crippen molar-refractivity contribution < 1.29 is 4.79 Å². The number of halogens is 3. The van der Waals surface area contributed by atoms with Crippen LogP contribution in [0.15, 0.2) is 30.3 Å². The van der Waals surface area contributed by atoms with Crippen LogP contribution in [-0.4, -0.2) is 5.91 Å². The van der Waals surface area contributed by atoms with Crippen molar-refractivity contribution in [1.29, 1.82) is 0 Å². The van der Waals surface area contributed by atoms with Crippen molar-refractivity contribution in [2.75, 3.05) is 11.1 Å². The van der Waals surface area contributed by atoms with E-state index in [0.29, 0.717) is 16.3 Å². The molecule has 3 N–H and O–H groups in total. The number of nitrogens with two attached hydrogens (primary N) is 1. The van der Waals surface area contributed by atoms with E-state index in [2.05, 4.69) is 5.32 Å². The third-order valence-corrected chi connectivity index (χ3v) is 3.67. The fourth-order valence-corrected chi connectivity index (χ4v) is 2.30. The molecule has 6 heteroatoms. The molecule has 104 valence electrons. The lowest BCUT2D eigenvalue weighted by atomic mass is 10.1. The first-order valence-electron chi connectivity index (χ1n) is 5.70. The summed E-state index contributed by atoms with van der Waals surface area (Å²) in [5.74, 6) is -0.360. The first kappa shape index (κ1) is 15.0. The van der Waals surface area contributed by atoms with Gasteiger partial charge in [0.1, 0.15) is 0 Å². The molecule has 0 aliphatic rings. The monoisotopic (exact) mass is 328 g/mol. The van der Waals surface area contributed by atoms with Gasteiger partial charge >= 0.3 is 0 Å². The second-order valence-corrected chi connectivity index (χ2v) is 5.51. The maximum absolute atomic E-state index is 12.2. The van der Waals surface area contributed by atoms with E-state index in [4.69, 9.17) is 40.5 Å². The molecule has 0 heterocycles. The first-order valence-corrected chi connectivity index (χ1v) is 6.84. The third kappa shape index (κ3) is 3.18. The van der Waals surface area contributed by atoms with Gasteiger partial charge in [-0.05, 0) is 36.8 Å². The number of benzene rings is 2. The minimum absolute atomic E-state index is 0.234. The number of rotatable bonds is 2. The number of hydrogen-bond acceptors (Lipinski definition) is 2. The lowest BCUT2D eigenvalue weighted by molar-refractivity contribution is 0.102. The van der Waals surface area contributed by atoms with Crippen molar-refractivity contribution in [1.82, 2.24) is 0 Å². The highest BCUT2D eigenvalue weighted by Crippen LogP contribution is 2.30. The van der Waals surface area contributed by atoms with Gasteiger partial charge in [-0.2, -0.15) is 0 Å². The van der Waals surface area contributed by atoms with Crippen LogP contribution < -0.4 is 11.1 Å². The van der Waals surface area contributed by atoms with Crippen LogP contribution >= 0.6 is 34.8 Å². The molecule has 3 nitrogen and oxygen atoms in total. The van der Waals surface area contributed by atoms with Gasteiger partial charge in [0, 0.05) is 5.56 Å². The van der Waals surface area contributed by atoms with Gasteiger partial charge in [-0.25, -0.2) is 0 Å². The molecule has 2 aromatic carbocycles. The average molecular weight is 330 g/mol. The smallest absolute Gasteiger partial charge is 0.255 e. The molecule has 0 bridgehead atoms. The van der Waals surface area contributed by atoms with Crippen molar-refractivity contribution in [3.63, 3.8) is 0 Å². The Balaban J connectivity index is 2.31. The Morgan fingerprint density at radius 3 is 2.25 bits per heavy atom. The fourth-order valence-electron chi connectivity index (χ4n) is 1.64. The second-order valence-electron chi connectivity index (χ2n) is 4.29. The first-order chi connectivity index (χ1) is 9.38. The zero-order chi connectivity index (χ0) is 14.9. The number of anilines is 2. The Hall–Kier alpha value is -1.42. The van der Waals surface area contributed by atoms with Crippen LogP contribution in [0.3, 0.4) is 0 Å². The fraction of sp³-hybridized carbons (Fsp3) is 0.0714. The third-order valence-electron chi connectivity index (χ3n) is 2.71. The molecular weight excluding hydrogens is 319 g/mol. The summed E-state index contributed by atoms with van der Waals surface area (Å²) in [7, 11) is 0. The van der Waals surface area contributed by atoms with Crippen molar-refractivity contribution in [3.8, 4) is 0 Å². The Morgan fingerprint density at radius 1 is 1.05 bits per heavy atom. The van der Waals surface area contributed by atoms with Gasteiger partial charge < -0.3 is 11.1 Å². The van der Waals surface area contributed by atoms with Gasteiger partial charge in [-0.3, -0.25) is 4.79 Å². The van der Waals surface area contributed by atoms with Crippen LogP contribution in [0.25, 0.3) is 0 Å². The summed E-state index contributed by atoms with van der Waals surface area (Å²) in [6.45, 7) is 1.91. The molecule has 1 amide bonds. The van der Waals surface area contributed by atoms with Crippen LogP contribution in [0.5, 0.6) is 0 Å². The second kappa shape index (κ2) is 5.92. The van der Waals surface area contributed by atoms with Crippen LogP contribution in [0.1, 0.15) is 15.9 Å². The number of nitrogens with one attached hydrogen (secondary N) is 1. The summed E-state index contributed by atoms with van der Waals surface area (Å²) in [5.41, 5.74) is 7.70. The van der Waals surface area contributed by atoms with Crippen molar-refractivity contribution >= 4 is 52.1 Å². The summed E-state index contributed by atoms with van der Waals surface area (Å²) in [6, 6.07) is 8.27. The van der Waals surface area contributed by atoms with E-state index in [1.54, 1.807) is 12.1 Å². The molecular formula is C14H11Cl3N2O. The number of amides is 1. The van der Waals surface area contributed by atoms with E-state index in [9.17, 15) is 4.79 Å². The molecule has 0 radical (unpaired) electrons. The Morgan fingerprint density at radius 2 is 1.65 bits per heavy atom. The standard InChI is InChI=1S/C14H11Cl3N2O/c1-7-2-3-9(15)12(4-7)19-14(20)8-5-10(16)13(18)11(17)6-8/h2-6H,18H2,1H3,(H,19,20). The molecule has 0 aliphatic carbocycles. The number of hydrogen-bond donors (Lipinski definition) is 2. The van der Waals surface area contributed by atoms with Crippen molar-refractivity contribution in [2.45, 2.75) is 6.92 Å². The minimum atomic E-state index is -0.360. The Kier molecular flexibility index (Phi) is 4.43. The summed E-state index contributed by atoms with van der Waals surface area (Å²) >= 11 is 17.8. The van der Waals surface area contributed by atoms with E-state index in [0.717, 1.165) is 5.56 Å². The maximum atomic E-state index is 12.2. The van der Waals surface area contributed by atoms with Gasteiger partial charge in [0.25, 0.3) is 5.91 Å². The SMILES string of the molecule is Cc1ccc(Cl)c(NC(=O)c2cc(Cl)c(N)c(Cl)c2)c1. The lowest BCUT2D eigenvalue weighted by Crippen LogP contribution is -2.12. The number of carbonyl (C=O) groups excluding carboxylic acids is 1. The molecule has 2 aromatic rings. The number of nitrogen functional groups attached to an aromatic ring is 1. The molecule has 0 aliphatic heterocycles. The predicted octanol–water partition coefficient (Wildman–Crippen LogP) is 4.79. The molecule has 0 aromatic heterocycles. The van der Waals surface area contributed by atoms with Gasteiger partial charge in [0.05, 0.1) is 26.4 Å². The highest BCUT2D eigenvalue weighted by Gasteiger charge is 2.12. The van der Waals surface area contributed by atoms with Crippen molar-refractivity contribution in [2.24, 2.45) is 0 Å². The molecule has 0 fully saturated rings. The average Bonchev–Trinajstić information content (AvgIpc) is 2.39. The van der Waals surface area contributed by atoms with Crippen LogP contribution in [0, 0.1) is 6.92 Å². The largest absolute Gasteiger partial charge is 0.396 e. The summed E-state index contributed by atoms with van der Waals surface area (Å²) in [4.78, 5) is 12.2. The van der Waals surface area contributed by atoms with Crippen LogP contribution in [0.2, 0.25) is 15.1 Å². The molecule has 20 heavy (non-hydrogen) atoms. The van der Waals surface area contributed by atoms with Crippen LogP contribution in [-0.2, 0) is 0 Å². The zero-order valence-electron chi connectivity index (χ0n) is 10.5. The highest BCUT2D eigenvalue weighted by molar-refractivity contribution is 6.39. The van der Waals surface area contributed by atoms with E-state index in [-0.39, 0.29) is 21.6 Å². The summed E-state index contributed by atoms with van der Waals surface area (Å²) in [5, 5.41) is 3.64. The van der Waals surface area contributed by atoms with E-state index < -0.39 is 0 Å². The molecule has 0 saturated heterocycles. The Labute approximate surface area is 131 Å². The normalized spacial score (nSPS) is 10.4. The summed E-state index contributed by atoms with van der Waals surface area (Å²) < 4.78 is 0. The summed E-state index contributed by atoms with van der Waals surface area (Å²) in [6.07, 6.45) is 0. The zero-order valence-corrected chi connectivity index (χ0v) is 12.8. The van der Waals surface area contributed by atoms with Gasteiger partial charge in [-0.1, -0.05) is 40.9 Å². The van der Waals surface area contributed by atoms with Crippen LogP contribution in [0.4, 0.5) is 11.4 Å². The topological polar surface area (TPSA) is 55.1 Å². The minimum Gasteiger partial charge on any atom is -0.396 e. The molecule has 0 saturated carbocycles. The molecule has 0 atom stereocenters. The van der Waals surface area contributed by atoms with E-state index in [1.807, 2.05) is 13.0 Å². The van der Waals surface area contributed by atoms with E-state index in [1.165, 1.54) is 12.1 Å².